The van der Waals surface area contributed by atoms with Gasteiger partial charge in [-0.05, 0) is 31.0 Å². The average Bonchev–Trinajstić information content (AvgIpc) is 2.71. The number of aliphatic hydroxyl groups is 1. The van der Waals surface area contributed by atoms with Gasteiger partial charge in [0, 0.05) is 28.7 Å². The van der Waals surface area contributed by atoms with E-state index in [9.17, 15) is 27.8 Å². The molecule has 1 aliphatic carbocycles. The summed E-state index contributed by atoms with van der Waals surface area (Å²) in [5, 5.41) is 32.5. The van der Waals surface area contributed by atoms with Crippen molar-refractivity contribution in [3.8, 4) is 17.0 Å². The van der Waals surface area contributed by atoms with E-state index in [-0.39, 0.29) is 17.3 Å². The average molecular weight is 422 g/mol. The monoisotopic (exact) mass is 422 g/mol. The first-order valence-electron chi connectivity index (χ1n) is 9.41. The highest BCUT2D eigenvalue weighted by molar-refractivity contribution is 6.00. The molecule has 1 aromatic carbocycles. The molecule has 1 aliphatic rings. The number of phenols is 1. The summed E-state index contributed by atoms with van der Waals surface area (Å²) >= 11 is 0. The van der Waals surface area contributed by atoms with Crippen LogP contribution < -0.4 is 5.32 Å². The van der Waals surface area contributed by atoms with Crippen molar-refractivity contribution in [1.82, 2.24) is 15.2 Å². The van der Waals surface area contributed by atoms with Crippen molar-refractivity contribution in [2.75, 3.05) is 5.32 Å². The first-order valence-corrected chi connectivity index (χ1v) is 9.41. The number of halogens is 4. The van der Waals surface area contributed by atoms with Gasteiger partial charge < -0.3 is 15.5 Å². The zero-order valence-electron chi connectivity index (χ0n) is 15.6. The Morgan fingerprint density at radius 2 is 1.83 bits per heavy atom. The van der Waals surface area contributed by atoms with Crippen LogP contribution in [0.1, 0.15) is 31.2 Å². The number of anilines is 1. The molecule has 0 aliphatic heterocycles. The number of hydrogen-bond acceptors (Lipinski definition) is 6. The minimum Gasteiger partial charge on any atom is -0.507 e. The number of fused-ring (bicyclic) bond motifs is 1. The predicted molar refractivity (Wildman–Crippen MR) is 101 cm³/mol. The summed E-state index contributed by atoms with van der Waals surface area (Å²) in [5.41, 5.74) is -1.76. The first-order chi connectivity index (χ1) is 14.3. The number of pyridine rings is 1. The number of aliphatic hydroxyl groups excluding tert-OH is 1. The van der Waals surface area contributed by atoms with Crippen LogP contribution in [0.15, 0.2) is 30.6 Å². The molecule has 0 radical (unpaired) electrons. The fraction of sp³-hybridized carbons (Fsp3) is 0.350. The molecule has 3 N–H and O–H groups in total. The summed E-state index contributed by atoms with van der Waals surface area (Å²) in [6.07, 6.45) is 0.759. The molecule has 2 atom stereocenters. The van der Waals surface area contributed by atoms with Crippen LogP contribution in [0.3, 0.4) is 0 Å². The predicted octanol–water partition coefficient (Wildman–Crippen LogP) is 4.27. The number of hydrogen-bond donors (Lipinski definition) is 3. The van der Waals surface area contributed by atoms with E-state index < -0.39 is 29.4 Å². The van der Waals surface area contributed by atoms with Gasteiger partial charge in [-0.2, -0.15) is 13.2 Å². The Hall–Kier alpha value is -3.01. The highest BCUT2D eigenvalue weighted by Crippen LogP contribution is 2.40. The quantitative estimate of drug-likeness (QED) is 0.546. The molecule has 0 spiro atoms. The van der Waals surface area contributed by atoms with E-state index in [2.05, 4.69) is 20.5 Å². The number of nitrogens with one attached hydrogen (secondary N) is 1. The SMILES string of the molecule is Oc1cc(C(F)(F)F)c(F)cc1-c1nnc(N[C@H]2CCCC[C@@H]2O)c2cnccc12. The molecule has 0 amide bonds. The number of aromatic nitrogens is 3. The standard InChI is InChI=1S/C20H18F4N4O2/c21-14-7-11(17(30)8-13(14)20(22,23)24)18-10-5-6-25-9-12(10)19(28-27-18)26-15-3-1-2-4-16(15)29/h5-9,15-16,29-30H,1-4H2,(H,26,28)/t15-,16-/m0/s1. The maximum Gasteiger partial charge on any atom is 0.419 e. The Morgan fingerprint density at radius 1 is 1.07 bits per heavy atom. The molecular formula is C20H18F4N4O2. The van der Waals surface area contributed by atoms with E-state index in [1.807, 2.05) is 0 Å². The second-order valence-electron chi connectivity index (χ2n) is 7.27. The molecule has 0 saturated heterocycles. The van der Waals surface area contributed by atoms with Crippen molar-refractivity contribution >= 4 is 16.6 Å². The molecule has 2 aromatic heterocycles. The Morgan fingerprint density at radius 3 is 2.57 bits per heavy atom. The van der Waals surface area contributed by atoms with Crippen molar-refractivity contribution in [2.24, 2.45) is 0 Å². The normalized spacial score (nSPS) is 19.8. The summed E-state index contributed by atoms with van der Waals surface area (Å²) in [5.74, 6) is -1.94. The summed E-state index contributed by atoms with van der Waals surface area (Å²) < 4.78 is 52.8. The van der Waals surface area contributed by atoms with Gasteiger partial charge in [-0.15, -0.1) is 10.2 Å². The van der Waals surface area contributed by atoms with Gasteiger partial charge in [-0.3, -0.25) is 4.98 Å². The van der Waals surface area contributed by atoms with Crippen LogP contribution in [0.4, 0.5) is 23.4 Å². The van der Waals surface area contributed by atoms with E-state index in [0.717, 1.165) is 19.3 Å². The van der Waals surface area contributed by atoms with Crippen molar-refractivity contribution in [2.45, 2.75) is 44.0 Å². The summed E-state index contributed by atoms with van der Waals surface area (Å²) in [4.78, 5) is 4.05. The van der Waals surface area contributed by atoms with E-state index in [1.54, 1.807) is 6.07 Å². The lowest BCUT2D eigenvalue weighted by Crippen LogP contribution is -2.36. The molecule has 158 valence electrons. The largest absolute Gasteiger partial charge is 0.507 e. The van der Waals surface area contributed by atoms with Gasteiger partial charge in [-0.25, -0.2) is 4.39 Å². The zero-order chi connectivity index (χ0) is 21.5. The summed E-state index contributed by atoms with van der Waals surface area (Å²) in [6.45, 7) is 0. The van der Waals surface area contributed by atoms with Gasteiger partial charge in [0.2, 0.25) is 0 Å². The van der Waals surface area contributed by atoms with Crippen molar-refractivity contribution in [3.05, 3.63) is 42.0 Å². The van der Waals surface area contributed by atoms with E-state index in [0.29, 0.717) is 35.1 Å². The molecule has 10 heteroatoms. The van der Waals surface area contributed by atoms with Gasteiger partial charge in [0.05, 0.1) is 17.7 Å². The molecule has 1 fully saturated rings. The fourth-order valence-electron chi connectivity index (χ4n) is 3.73. The number of rotatable bonds is 3. The van der Waals surface area contributed by atoms with Gasteiger partial charge in [0.25, 0.3) is 0 Å². The van der Waals surface area contributed by atoms with Crippen LogP contribution >= 0.6 is 0 Å². The number of alkyl halides is 3. The molecule has 3 aromatic rings. The number of benzene rings is 1. The van der Waals surface area contributed by atoms with E-state index in [4.69, 9.17) is 0 Å². The van der Waals surface area contributed by atoms with E-state index in [1.165, 1.54) is 12.4 Å². The Kier molecular flexibility index (Phi) is 5.19. The van der Waals surface area contributed by atoms with Gasteiger partial charge in [0.1, 0.15) is 17.3 Å². The first kappa shape index (κ1) is 20.3. The van der Waals surface area contributed by atoms with Crippen LogP contribution in [0.5, 0.6) is 5.75 Å². The highest BCUT2D eigenvalue weighted by Gasteiger charge is 2.35. The second-order valence-corrected chi connectivity index (χ2v) is 7.27. The van der Waals surface area contributed by atoms with Crippen LogP contribution in [0, 0.1) is 5.82 Å². The number of aromatic hydroxyl groups is 1. The Balaban J connectivity index is 1.80. The molecule has 0 unspecified atom stereocenters. The number of phenolic OH excluding ortho intramolecular Hbond substituents is 1. The fourth-order valence-corrected chi connectivity index (χ4v) is 3.73. The van der Waals surface area contributed by atoms with Crippen LogP contribution in [0.2, 0.25) is 0 Å². The molecule has 30 heavy (non-hydrogen) atoms. The van der Waals surface area contributed by atoms with Crippen LogP contribution in [0.25, 0.3) is 22.0 Å². The lowest BCUT2D eigenvalue weighted by Gasteiger charge is -2.29. The van der Waals surface area contributed by atoms with Crippen molar-refractivity contribution in [3.63, 3.8) is 0 Å². The third-order valence-electron chi connectivity index (χ3n) is 5.28. The molecule has 2 heterocycles. The van der Waals surface area contributed by atoms with E-state index >= 15 is 0 Å². The minimum absolute atomic E-state index is 0.0206. The van der Waals surface area contributed by atoms with Crippen LogP contribution in [-0.4, -0.2) is 37.5 Å². The molecule has 4 rings (SSSR count). The molecular weight excluding hydrogens is 404 g/mol. The zero-order valence-corrected chi connectivity index (χ0v) is 15.6. The summed E-state index contributed by atoms with van der Waals surface area (Å²) in [7, 11) is 0. The third kappa shape index (κ3) is 3.74. The van der Waals surface area contributed by atoms with Gasteiger partial charge in [-0.1, -0.05) is 12.8 Å². The molecule has 6 nitrogen and oxygen atoms in total. The summed E-state index contributed by atoms with van der Waals surface area (Å²) in [6, 6.07) is 2.26. The van der Waals surface area contributed by atoms with Crippen LogP contribution in [-0.2, 0) is 6.18 Å². The second kappa shape index (κ2) is 7.67. The minimum atomic E-state index is -4.94. The lowest BCUT2D eigenvalue weighted by atomic mass is 9.92. The Labute approximate surface area is 168 Å². The third-order valence-corrected chi connectivity index (χ3v) is 5.28. The lowest BCUT2D eigenvalue weighted by molar-refractivity contribution is -0.140. The molecule has 0 bridgehead atoms. The Bertz CT molecular complexity index is 1090. The number of nitrogens with zero attached hydrogens (tertiary/aromatic N) is 3. The van der Waals surface area contributed by atoms with Gasteiger partial charge >= 0.3 is 6.18 Å². The maximum atomic E-state index is 14.1. The van der Waals surface area contributed by atoms with Crippen molar-refractivity contribution in [1.29, 1.82) is 0 Å². The highest BCUT2D eigenvalue weighted by atomic mass is 19.4. The topological polar surface area (TPSA) is 91.2 Å². The smallest absolute Gasteiger partial charge is 0.419 e. The van der Waals surface area contributed by atoms with Gasteiger partial charge in [0.15, 0.2) is 5.82 Å². The maximum absolute atomic E-state index is 14.1. The molecule has 1 saturated carbocycles. The van der Waals surface area contributed by atoms with Crippen molar-refractivity contribution < 1.29 is 27.8 Å².